The Hall–Kier alpha value is -1.74. The fourth-order valence-electron chi connectivity index (χ4n) is 1.98. The molecule has 3 nitrogen and oxygen atoms in total. The highest BCUT2D eigenvalue weighted by atomic mass is 16.5. The van der Waals surface area contributed by atoms with Gasteiger partial charge < -0.3 is 14.4 Å². The second-order valence-electron chi connectivity index (χ2n) is 3.96. The zero-order chi connectivity index (χ0) is 12.3. The maximum atomic E-state index is 9.08. The van der Waals surface area contributed by atoms with Crippen LogP contribution < -0.4 is 4.74 Å². The van der Waals surface area contributed by atoms with Crippen molar-refractivity contribution in [3.8, 4) is 17.0 Å². The average molecular weight is 231 g/mol. The number of ether oxygens (including phenoxy) is 1. The quantitative estimate of drug-likeness (QED) is 0.877. The number of aliphatic hydroxyl groups excluding tert-OH is 1. The Balaban J connectivity index is 2.38. The van der Waals surface area contributed by atoms with Crippen molar-refractivity contribution in [1.29, 1.82) is 0 Å². The molecule has 90 valence electrons. The minimum atomic E-state index is 0.151. The molecule has 0 saturated heterocycles. The second kappa shape index (κ2) is 5.06. The van der Waals surface area contributed by atoms with Crippen LogP contribution in [-0.2, 0) is 6.54 Å². The number of aromatic nitrogens is 1. The molecule has 0 unspecified atom stereocenters. The molecule has 3 heteroatoms. The van der Waals surface area contributed by atoms with Crippen LogP contribution in [0, 0.1) is 6.92 Å². The van der Waals surface area contributed by atoms with Crippen molar-refractivity contribution < 1.29 is 9.84 Å². The van der Waals surface area contributed by atoms with Crippen LogP contribution in [0.15, 0.2) is 36.4 Å². The standard InChI is InChI=1S/C14H17NO2/c1-11-3-8-14(15(11)9-10-16)12-4-6-13(17-2)7-5-12/h3-8,16H,9-10H2,1-2H3. The molecule has 0 bridgehead atoms. The summed E-state index contributed by atoms with van der Waals surface area (Å²) in [5, 5.41) is 9.08. The van der Waals surface area contributed by atoms with Gasteiger partial charge in [0.2, 0.25) is 0 Å². The summed E-state index contributed by atoms with van der Waals surface area (Å²) in [4.78, 5) is 0. The first-order chi connectivity index (χ1) is 8.26. The third-order valence-electron chi connectivity index (χ3n) is 2.91. The van der Waals surface area contributed by atoms with E-state index in [2.05, 4.69) is 16.7 Å². The van der Waals surface area contributed by atoms with Crippen molar-refractivity contribution in [1.82, 2.24) is 4.57 Å². The fourth-order valence-corrected chi connectivity index (χ4v) is 1.98. The molecule has 1 N–H and O–H groups in total. The predicted octanol–water partition coefficient (Wildman–Crippen LogP) is 2.46. The largest absolute Gasteiger partial charge is 0.497 e. The highest BCUT2D eigenvalue weighted by Crippen LogP contribution is 2.24. The van der Waals surface area contributed by atoms with Gasteiger partial charge in [0, 0.05) is 17.9 Å². The zero-order valence-corrected chi connectivity index (χ0v) is 10.2. The van der Waals surface area contributed by atoms with Crippen LogP contribution >= 0.6 is 0 Å². The van der Waals surface area contributed by atoms with E-state index in [9.17, 15) is 0 Å². The van der Waals surface area contributed by atoms with E-state index in [1.54, 1.807) is 7.11 Å². The lowest BCUT2D eigenvalue weighted by Gasteiger charge is -2.10. The Labute approximate surface area is 101 Å². The summed E-state index contributed by atoms with van der Waals surface area (Å²) in [5.41, 5.74) is 3.41. The van der Waals surface area contributed by atoms with E-state index in [1.165, 1.54) is 0 Å². The lowest BCUT2D eigenvalue weighted by Crippen LogP contribution is -2.05. The van der Waals surface area contributed by atoms with Gasteiger partial charge in [-0.25, -0.2) is 0 Å². The molecule has 17 heavy (non-hydrogen) atoms. The first-order valence-corrected chi connectivity index (χ1v) is 5.67. The topological polar surface area (TPSA) is 34.4 Å². The maximum Gasteiger partial charge on any atom is 0.118 e. The third-order valence-corrected chi connectivity index (χ3v) is 2.91. The highest BCUT2D eigenvalue weighted by Gasteiger charge is 2.06. The molecular weight excluding hydrogens is 214 g/mol. The predicted molar refractivity (Wildman–Crippen MR) is 68.2 cm³/mol. The number of aryl methyl sites for hydroxylation is 1. The van der Waals surface area contributed by atoms with Crippen molar-refractivity contribution in [2.45, 2.75) is 13.5 Å². The molecule has 0 atom stereocenters. The van der Waals surface area contributed by atoms with Crippen molar-refractivity contribution >= 4 is 0 Å². The number of aliphatic hydroxyl groups is 1. The number of nitrogens with zero attached hydrogens (tertiary/aromatic N) is 1. The molecule has 0 fully saturated rings. The summed E-state index contributed by atoms with van der Waals surface area (Å²) < 4.78 is 7.25. The smallest absolute Gasteiger partial charge is 0.118 e. The van der Waals surface area contributed by atoms with Crippen LogP contribution in [0.25, 0.3) is 11.3 Å². The summed E-state index contributed by atoms with van der Waals surface area (Å²) >= 11 is 0. The summed E-state index contributed by atoms with van der Waals surface area (Å²) in [5.74, 6) is 0.853. The van der Waals surface area contributed by atoms with Gasteiger partial charge in [-0.2, -0.15) is 0 Å². The third kappa shape index (κ3) is 2.34. The van der Waals surface area contributed by atoms with Gasteiger partial charge in [0.05, 0.1) is 13.7 Å². The van der Waals surface area contributed by atoms with E-state index in [4.69, 9.17) is 9.84 Å². The molecule has 0 radical (unpaired) electrons. The molecule has 0 saturated carbocycles. The van der Waals surface area contributed by atoms with Gasteiger partial charge in [0.1, 0.15) is 5.75 Å². The number of hydrogen-bond donors (Lipinski definition) is 1. The molecule has 1 aromatic carbocycles. The van der Waals surface area contributed by atoms with Crippen LogP contribution in [0.3, 0.4) is 0 Å². The highest BCUT2D eigenvalue weighted by molar-refractivity contribution is 5.61. The maximum absolute atomic E-state index is 9.08. The number of hydrogen-bond acceptors (Lipinski definition) is 2. The van der Waals surface area contributed by atoms with Crippen LogP contribution in [0.2, 0.25) is 0 Å². The molecule has 0 aliphatic carbocycles. The number of methoxy groups -OCH3 is 1. The van der Waals surface area contributed by atoms with Gasteiger partial charge in [0.25, 0.3) is 0 Å². The van der Waals surface area contributed by atoms with E-state index >= 15 is 0 Å². The second-order valence-corrected chi connectivity index (χ2v) is 3.96. The van der Waals surface area contributed by atoms with E-state index in [-0.39, 0.29) is 6.61 Å². The van der Waals surface area contributed by atoms with Gasteiger partial charge in [0.15, 0.2) is 0 Å². The number of benzene rings is 1. The van der Waals surface area contributed by atoms with Gasteiger partial charge in [-0.05, 0) is 48.9 Å². The lowest BCUT2D eigenvalue weighted by molar-refractivity contribution is 0.276. The van der Waals surface area contributed by atoms with E-state index in [0.29, 0.717) is 6.54 Å². The Morgan fingerprint density at radius 3 is 2.41 bits per heavy atom. The fraction of sp³-hybridized carbons (Fsp3) is 0.286. The summed E-state index contributed by atoms with van der Waals surface area (Å²) in [6.07, 6.45) is 0. The monoisotopic (exact) mass is 231 g/mol. The van der Waals surface area contributed by atoms with Gasteiger partial charge >= 0.3 is 0 Å². The van der Waals surface area contributed by atoms with Crippen molar-refractivity contribution in [2.24, 2.45) is 0 Å². The van der Waals surface area contributed by atoms with Gasteiger partial charge in [-0.3, -0.25) is 0 Å². The summed E-state index contributed by atoms with van der Waals surface area (Å²) in [6, 6.07) is 12.1. The van der Waals surface area contributed by atoms with Crippen molar-refractivity contribution in [2.75, 3.05) is 13.7 Å². The van der Waals surface area contributed by atoms with Gasteiger partial charge in [-0.1, -0.05) is 0 Å². The minimum Gasteiger partial charge on any atom is -0.497 e. The Kier molecular flexibility index (Phi) is 3.49. The summed E-state index contributed by atoms with van der Waals surface area (Å²) in [6.45, 7) is 2.82. The summed E-state index contributed by atoms with van der Waals surface area (Å²) in [7, 11) is 1.66. The number of rotatable bonds is 4. The molecule has 0 amide bonds. The SMILES string of the molecule is COc1ccc(-c2ccc(C)n2CCO)cc1. The van der Waals surface area contributed by atoms with E-state index in [1.807, 2.05) is 31.2 Å². The first-order valence-electron chi connectivity index (χ1n) is 5.67. The molecule has 0 aliphatic rings. The molecular formula is C14H17NO2. The van der Waals surface area contributed by atoms with E-state index < -0.39 is 0 Å². The average Bonchev–Trinajstić information content (AvgIpc) is 2.72. The Morgan fingerprint density at radius 2 is 1.82 bits per heavy atom. The molecule has 1 heterocycles. The van der Waals surface area contributed by atoms with Crippen LogP contribution in [0.1, 0.15) is 5.69 Å². The van der Waals surface area contributed by atoms with Crippen LogP contribution in [0.5, 0.6) is 5.75 Å². The normalized spacial score (nSPS) is 10.5. The van der Waals surface area contributed by atoms with Crippen LogP contribution in [-0.4, -0.2) is 23.4 Å². The molecule has 0 aliphatic heterocycles. The van der Waals surface area contributed by atoms with Crippen molar-refractivity contribution in [3.05, 3.63) is 42.1 Å². The minimum absolute atomic E-state index is 0.151. The van der Waals surface area contributed by atoms with Crippen LogP contribution in [0.4, 0.5) is 0 Å². The molecule has 2 aromatic rings. The zero-order valence-electron chi connectivity index (χ0n) is 10.2. The van der Waals surface area contributed by atoms with E-state index in [0.717, 1.165) is 22.7 Å². The molecule has 0 spiro atoms. The molecule has 1 aromatic heterocycles. The Bertz CT molecular complexity index is 485. The first kappa shape index (κ1) is 11.7. The Morgan fingerprint density at radius 1 is 1.12 bits per heavy atom. The lowest BCUT2D eigenvalue weighted by atomic mass is 10.1. The van der Waals surface area contributed by atoms with Gasteiger partial charge in [-0.15, -0.1) is 0 Å². The van der Waals surface area contributed by atoms with Crippen molar-refractivity contribution in [3.63, 3.8) is 0 Å². The molecule has 2 rings (SSSR count).